The molecule has 1 aromatic heterocycles. The van der Waals surface area contributed by atoms with Gasteiger partial charge in [0.1, 0.15) is 6.04 Å². The minimum Gasteiger partial charge on any atom is -0.481 e. The highest BCUT2D eigenvalue weighted by Gasteiger charge is 2.29. The van der Waals surface area contributed by atoms with Crippen LogP contribution >= 0.6 is 0 Å². The molecule has 5 heteroatoms. The molecule has 3 rings (SSSR count). The Morgan fingerprint density at radius 1 is 1.33 bits per heavy atom. The first-order valence-electron chi connectivity index (χ1n) is 6.81. The van der Waals surface area contributed by atoms with Crippen molar-refractivity contribution in [2.45, 2.75) is 19.5 Å². The van der Waals surface area contributed by atoms with Crippen molar-refractivity contribution in [3.8, 4) is 5.88 Å². The molecular weight excluding hydrogens is 266 g/mol. The number of pyridine rings is 1. The lowest BCUT2D eigenvalue weighted by Gasteiger charge is -2.12. The van der Waals surface area contributed by atoms with Crippen LogP contribution in [0, 0.1) is 6.92 Å². The number of nitrogens with zero attached hydrogens (tertiary/aromatic N) is 1. The first-order valence-corrected chi connectivity index (χ1v) is 6.81. The van der Waals surface area contributed by atoms with Crippen molar-refractivity contribution < 1.29 is 9.53 Å². The van der Waals surface area contributed by atoms with Crippen molar-refractivity contribution in [2.75, 3.05) is 12.4 Å². The van der Waals surface area contributed by atoms with Crippen molar-refractivity contribution in [3.63, 3.8) is 0 Å². The number of hydrogen-bond acceptors (Lipinski definition) is 4. The predicted octanol–water partition coefficient (Wildman–Crippen LogP) is 2.18. The molecule has 5 nitrogen and oxygen atoms in total. The fourth-order valence-corrected chi connectivity index (χ4v) is 2.44. The van der Waals surface area contributed by atoms with Crippen molar-refractivity contribution in [3.05, 3.63) is 53.2 Å². The standard InChI is InChI=1S/C16H17N3O2/c1-10-3-5-13-12(7-10)15(16(20)19-13)18-9-11-4-6-14(21-2)17-8-11/h3-8,15,18H,9H2,1-2H3,(H,19,20). The summed E-state index contributed by atoms with van der Waals surface area (Å²) in [6.45, 7) is 2.59. The van der Waals surface area contributed by atoms with Gasteiger partial charge in [0.15, 0.2) is 0 Å². The van der Waals surface area contributed by atoms with Crippen LogP contribution in [-0.2, 0) is 11.3 Å². The van der Waals surface area contributed by atoms with E-state index in [1.165, 1.54) is 0 Å². The van der Waals surface area contributed by atoms with Gasteiger partial charge in [-0.2, -0.15) is 0 Å². The highest BCUT2D eigenvalue weighted by atomic mass is 16.5. The molecule has 0 fully saturated rings. The number of anilines is 1. The lowest BCUT2D eigenvalue weighted by Crippen LogP contribution is -2.27. The molecule has 0 spiro atoms. The fourth-order valence-electron chi connectivity index (χ4n) is 2.44. The van der Waals surface area contributed by atoms with Crippen molar-refractivity contribution in [1.29, 1.82) is 0 Å². The molecule has 0 radical (unpaired) electrons. The number of amides is 1. The number of nitrogens with one attached hydrogen (secondary N) is 2. The zero-order valence-electron chi connectivity index (χ0n) is 12.0. The van der Waals surface area contributed by atoms with Crippen molar-refractivity contribution >= 4 is 11.6 Å². The Balaban J connectivity index is 1.73. The molecule has 1 atom stereocenters. The molecule has 2 aromatic rings. The molecule has 0 saturated heterocycles. The Labute approximate surface area is 123 Å². The van der Waals surface area contributed by atoms with Crippen LogP contribution in [0.5, 0.6) is 5.88 Å². The Bertz CT molecular complexity index is 668. The minimum atomic E-state index is -0.318. The number of aryl methyl sites for hydroxylation is 1. The summed E-state index contributed by atoms with van der Waals surface area (Å²) in [6.07, 6.45) is 1.75. The fraction of sp³-hybridized carbons (Fsp3) is 0.250. The number of aromatic nitrogens is 1. The van der Waals surface area contributed by atoms with Crippen LogP contribution in [0.1, 0.15) is 22.7 Å². The van der Waals surface area contributed by atoms with Crippen molar-refractivity contribution in [1.82, 2.24) is 10.3 Å². The lowest BCUT2D eigenvalue weighted by molar-refractivity contribution is -0.117. The Kier molecular flexibility index (Phi) is 3.58. The van der Waals surface area contributed by atoms with E-state index in [2.05, 4.69) is 15.6 Å². The molecule has 1 aromatic carbocycles. The van der Waals surface area contributed by atoms with Crippen molar-refractivity contribution in [2.24, 2.45) is 0 Å². The van der Waals surface area contributed by atoms with Gasteiger partial charge in [-0.25, -0.2) is 4.98 Å². The summed E-state index contributed by atoms with van der Waals surface area (Å²) < 4.78 is 5.03. The second kappa shape index (κ2) is 5.54. The van der Waals surface area contributed by atoms with Gasteiger partial charge in [0, 0.05) is 30.1 Å². The monoisotopic (exact) mass is 283 g/mol. The van der Waals surface area contributed by atoms with E-state index in [9.17, 15) is 4.79 Å². The maximum atomic E-state index is 12.1. The van der Waals surface area contributed by atoms with Gasteiger partial charge in [-0.3, -0.25) is 10.1 Å². The number of benzene rings is 1. The molecule has 0 bridgehead atoms. The number of ether oxygens (including phenoxy) is 1. The summed E-state index contributed by atoms with van der Waals surface area (Å²) in [7, 11) is 1.59. The van der Waals surface area contributed by atoms with Gasteiger partial charge < -0.3 is 10.1 Å². The van der Waals surface area contributed by atoms with Gasteiger partial charge in [-0.05, 0) is 18.6 Å². The van der Waals surface area contributed by atoms with Gasteiger partial charge in [-0.15, -0.1) is 0 Å². The second-order valence-corrected chi connectivity index (χ2v) is 5.10. The Hall–Kier alpha value is -2.40. The van der Waals surface area contributed by atoms with Crippen LogP contribution in [0.3, 0.4) is 0 Å². The van der Waals surface area contributed by atoms with Crippen LogP contribution in [0.15, 0.2) is 36.5 Å². The normalized spacial score (nSPS) is 16.5. The van der Waals surface area contributed by atoms with E-state index in [0.717, 1.165) is 22.4 Å². The summed E-state index contributed by atoms with van der Waals surface area (Å²) in [5.74, 6) is 0.565. The summed E-state index contributed by atoms with van der Waals surface area (Å²) in [4.78, 5) is 16.2. The van der Waals surface area contributed by atoms with Crippen LogP contribution in [0.25, 0.3) is 0 Å². The van der Waals surface area contributed by atoms with Gasteiger partial charge in [0.25, 0.3) is 0 Å². The maximum absolute atomic E-state index is 12.1. The summed E-state index contributed by atoms with van der Waals surface area (Å²) >= 11 is 0. The molecule has 2 heterocycles. The average molecular weight is 283 g/mol. The Morgan fingerprint density at radius 2 is 2.19 bits per heavy atom. The first-order chi connectivity index (χ1) is 10.2. The average Bonchev–Trinajstić information content (AvgIpc) is 2.80. The van der Waals surface area contributed by atoms with E-state index in [-0.39, 0.29) is 11.9 Å². The van der Waals surface area contributed by atoms with E-state index in [1.807, 2.05) is 37.3 Å². The molecular formula is C16H17N3O2. The molecule has 1 unspecified atom stereocenters. The van der Waals surface area contributed by atoms with Gasteiger partial charge >= 0.3 is 0 Å². The van der Waals surface area contributed by atoms with E-state index in [1.54, 1.807) is 13.3 Å². The van der Waals surface area contributed by atoms with Gasteiger partial charge in [0.2, 0.25) is 11.8 Å². The van der Waals surface area contributed by atoms with Crippen LogP contribution in [0.2, 0.25) is 0 Å². The lowest BCUT2D eigenvalue weighted by atomic mass is 10.1. The van der Waals surface area contributed by atoms with Crippen LogP contribution < -0.4 is 15.4 Å². The van der Waals surface area contributed by atoms with E-state index in [0.29, 0.717) is 12.4 Å². The van der Waals surface area contributed by atoms with Crippen LogP contribution in [0.4, 0.5) is 5.69 Å². The quantitative estimate of drug-likeness (QED) is 0.902. The Morgan fingerprint density at radius 3 is 2.90 bits per heavy atom. The van der Waals surface area contributed by atoms with Gasteiger partial charge in [0.05, 0.1) is 7.11 Å². The van der Waals surface area contributed by atoms with E-state index >= 15 is 0 Å². The minimum absolute atomic E-state index is 0.0166. The third-order valence-corrected chi connectivity index (χ3v) is 3.56. The largest absolute Gasteiger partial charge is 0.481 e. The number of methoxy groups -OCH3 is 1. The molecule has 1 aliphatic heterocycles. The van der Waals surface area contributed by atoms with Crippen LogP contribution in [-0.4, -0.2) is 18.0 Å². The van der Waals surface area contributed by atoms with E-state index in [4.69, 9.17) is 4.74 Å². The number of fused-ring (bicyclic) bond motifs is 1. The highest BCUT2D eigenvalue weighted by Crippen LogP contribution is 2.31. The smallest absolute Gasteiger partial charge is 0.246 e. The number of carbonyl (C=O) groups is 1. The summed E-state index contributed by atoms with van der Waals surface area (Å²) in [5, 5.41) is 6.17. The maximum Gasteiger partial charge on any atom is 0.246 e. The predicted molar refractivity (Wildman–Crippen MR) is 80.2 cm³/mol. The number of hydrogen-bond donors (Lipinski definition) is 2. The first kappa shape index (κ1) is 13.6. The third-order valence-electron chi connectivity index (χ3n) is 3.56. The number of rotatable bonds is 4. The SMILES string of the molecule is COc1ccc(CNC2C(=O)Nc3ccc(C)cc32)cn1. The summed E-state index contributed by atoms with van der Waals surface area (Å²) in [5.41, 5.74) is 4.03. The van der Waals surface area contributed by atoms with Gasteiger partial charge in [-0.1, -0.05) is 23.8 Å². The molecule has 1 aliphatic rings. The molecule has 2 N–H and O–H groups in total. The molecule has 108 valence electrons. The summed E-state index contributed by atoms with van der Waals surface area (Å²) in [6, 6.07) is 9.40. The topological polar surface area (TPSA) is 63.2 Å². The molecule has 1 amide bonds. The zero-order chi connectivity index (χ0) is 14.8. The molecule has 0 aliphatic carbocycles. The third kappa shape index (κ3) is 2.73. The number of carbonyl (C=O) groups excluding carboxylic acids is 1. The second-order valence-electron chi connectivity index (χ2n) is 5.10. The molecule has 21 heavy (non-hydrogen) atoms. The zero-order valence-corrected chi connectivity index (χ0v) is 12.0. The molecule has 0 saturated carbocycles. The highest BCUT2D eigenvalue weighted by molar-refractivity contribution is 6.02. The van der Waals surface area contributed by atoms with E-state index < -0.39 is 0 Å².